The monoisotopic (exact) mass is 698 g/mol. The van der Waals surface area contributed by atoms with Crippen LogP contribution in [0.4, 0.5) is 0 Å². The van der Waals surface area contributed by atoms with E-state index in [0.717, 1.165) is 73.6 Å². The zero-order valence-corrected chi connectivity index (χ0v) is 30.7. The molecular weight excluding hydrogens is 640 g/mol. The van der Waals surface area contributed by atoms with Gasteiger partial charge in [-0.25, -0.2) is 19.6 Å². The normalized spacial score (nSPS) is 52.2. The summed E-state index contributed by atoms with van der Waals surface area (Å²) in [5.41, 5.74) is 2.50. The second-order valence-corrected chi connectivity index (χ2v) is 18.0. The molecule has 16 atom stereocenters. The molecule has 1 aromatic carbocycles. The van der Waals surface area contributed by atoms with Crippen LogP contribution < -0.4 is 0 Å². The molecule has 2 aliphatic carbocycles. The van der Waals surface area contributed by atoms with Gasteiger partial charge in [0.1, 0.15) is 0 Å². The van der Waals surface area contributed by atoms with Crippen LogP contribution in [0.15, 0.2) is 12.1 Å². The molecule has 4 bridgehead atoms. The Morgan fingerprint density at radius 3 is 1.38 bits per heavy atom. The van der Waals surface area contributed by atoms with Crippen molar-refractivity contribution in [3.63, 3.8) is 0 Å². The first-order valence-corrected chi connectivity index (χ1v) is 19.7. The Balaban J connectivity index is 1.04. The highest BCUT2D eigenvalue weighted by Gasteiger charge is 2.71. The summed E-state index contributed by atoms with van der Waals surface area (Å²) in [5, 5.41) is 20.8. The summed E-state index contributed by atoms with van der Waals surface area (Å²) < 4.78 is 27.4. The lowest BCUT2D eigenvalue weighted by molar-refractivity contribution is -0.571. The molecule has 0 radical (unpaired) electrons. The van der Waals surface area contributed by atoms with Crippen molar-refractivity contribution in [2.24, 2.45) is 47.3 Å². The van der Waals surface area contributed by atoms with Gasteiger partial charge in [-0.1, -0.05) is 39.8 Å². The van der Waals surface area contributed by atoms with Crippen molar-refractivity contribution >= 4 is 0 Å². The first-order chi connectivity index (χ1) is 23.9. The number of benzene rings is 1. The molecule has 2 spiro atoms. The van der Waals surface area contributed by atoms with E-state index >= 15 is 0 Å². The van der Waals surface area contributed by atoms with Crippen LogP contribution in [0.3, 0.4) is 0 Å². The molecule has 2 saturated carbocycles. The van der Waals surface area contributed by atoms with Crippen LogP contribution in [-0.2, 0) is 64.6 Å². The summed E-state index contributed by atoms with van der Waals surface area (Å²) in [4.78, 5) is 25.0. The standard InChI is InChI=1S/C40H58O10/c1-21-7-9-31-23(3)33(43-35-39(31)29(21)11-13-37(5,45-35)47-49-39)17-25-15-27(19-41)28(20-42)16-26(25)18-34-24(4)32-10-8-22(2)30-12-14-38(6)46-36(44-34)40(30,32)50-48-38/h15-16,21-24,29-36,41-42H,7-14,17-20H2,1-6H3/t21-,22-,23-,24-,29+,30+,31+,32+,33-,34-,35-,36-,37+,38+,39-,40-/m1/s1. The van der Waals surface area contributed by atoms with E-state index in [4.69, 9.17) is 38.5 Å². The van der Waals surface area contributed by atoms with Gasteiger partial charge in [-0.05, 0) is 123 Å². The van der Waals surface area contributed by atoms with Crippen molar-refractivity contribution in [1.82, 2.24) is 0 Å². The quantitative estimate of drug-likeness (QED) is 0.330. The molecule has 10 nitrogen and oxygen atoms in total. The largest absolute Gasteiger partial charge is 0.392 e. The zero-order valence-electron chi connectivity index (χ0n) is 30.7. The number of rotatable bonds is 6. The van der Waals surface area contributed by atoms with Gasteiger partial charge in [0, 0.05) is 24.7 Å². The van der Waals surface area contributed by atoms with Gasteiger partial charge in [-0.15, -0.1) is 0 Å². The summed E-state index contributed by atoms with van der Waals surface area (Å²) in [5.74, 6) is 0.838. The van der Waals surface area contributed by atoms with Gasteiger partial charge in [0.15, 0.2) is 23.8 Å². The SMILES string of the molecule is C[C@H]1[C@@H](Cc2cc(CO)c(CO)cc2C[C@H]2O[C@@H]3O[C@]4(C)CC[C@H]5[C@H](C)CC[C@@H]([C@H]2C)[C@@]35OO4)O[C@@H]2O[C@]3(C)CC[C@H]4[C@H](C)CC[C@@H]1[C@@]24OO3. The van der Waals surface area contributed by atoms with Crippen LogP contribution in [-0.4, -0.2) is 57.8 Å². The first kappa shape index (κ1) is 34.6. The van der Waals surface area contributed by atoms with E-state index in [9.17, 15) is 10.2 Å². The van der Waals surface area contributed by atoms with Crippen LogP contribution >= 0.6 is 0 Å². The highest BCUT2D eigenvalue weighted by molar-refractivity contribution is 5.39. The zero-order chi connectivity index (χ0) is 34.8. The van der Waals surface area contributed by atoms with Crippen molar-refractivity contribution in [2.45, 2.75) is 167 Å². The topological polar surface area (TPSA) is 114 Å². The van der Waals surface area contributed by atoms with Gasteiger partial charge in [-0.2, -0.15) is 0 Å². The van der Waals surface area contributed by atoms with Crippen LogP contribution in [0.2, 0.25) is 0 Å². The van der Waals surface area contributed by atoms with Crippen LogP contribution in [0.5, 0.6) is 0 Å². The van der Waals surface area contributed by atoms with Crippen LogP contribution in [0.1, 0.15) is 115 Å². The third-order valence-electron chi connectivity index (χ3n) is 15.3. The minimum atomic E-state index is -0.826. The Morgan fingerprint density at radius 2 is 0.980 bits per heavy atom. The number of aliphatic hydroxyl groups is 2. The van der Waals surface area contributed by atoms with Crippen molar-refractivity contribution < 1.29 is 48.7 Å². The fourth-order valence-corrected chi connectivity index (χ4v) is 12.3. The molecule has 8 heterocycles. The van der Waals surface area contributed by atoms with Crippen molar-refractivity contribution in [3.05, 3.63) is 34.4 Å². The maximum Gasteiger partial charge on any atom is 0.201 e. The van der Waals surface area contributed by atoms with Gasteiger partial charge >= 0.3 is 0 Å². The average molecular weight is 699 g/mol. The Kier molecular flexibility index (Phi) is 8.41. The molecule has 10 aliphatic rings. The molecular formula is C40H58O10. The molecule has 2 N–H and O–H groups in total. The van der Waals surface area contributed by atoms with Crippen LogP contribution in [0, 0.1) is 47.3 Å². The molecule has 8 aliphatic heterocycles. The molecule has 8 saturated heterocycles. The van der Waals surface area contributed by atoms with E-state index < -0.39 is 35.4 Å². The maximum absolute atomic E-state index is 10.4. The Bertz CT molecular complexity index is 1360. The van der Waals surface area contributed by atoms with Gasteiger partial charge in [-0.3, -0.25) is 0 Å². The molecule has 278 valence electrons. The fourth-order valence-electron chi connectivity index (χ4n) is 12.3. The van der Waals surface area contributed by atoms with Crippen molar-refractivity contribution in [3.8, 4) is 0 Å². The smallest absolute Gasteiger partial charge is 0.201 e. The second kappa shape index (κ2) is 12.2. The molecule has 50 heavy (non-hydrogen) atoms. The summed E-state index contributed by atoms with van der Waals surface area (Å²) in [7, 11) is 0. The summed E-state index contributed by atoms with van der Waals surface area (Å²) in [6, 6.07) is 4.17. The molecule has 10 heteroatoms. The third kappa shape index (κ3) is 4.96. The Hall–Kier alpha value is -1.18. The Labute approximate surface area is 296 Å². The molecule has 0 amide bonds. The molecule has 1 aromatic rings. The molecule has 10 fully saturated rings. The second-order valence-electron chi connectivity index (χ2n) is 18.0. The van der Waals surface area contributed by atoms with E-state index in [2.05, 4.69) is 39.8 Å². The molecule has 0 aromatic heterocycles. The minimum absolute atomic E-state index is 0.124. The highest BCUT2D eigenvalue weighted by Crippen LogP contribution is 2.62. The van der Waals surface area contributed by atoms with Gasteiger partial charge < -0.3 is 29.2 Å². The third-order valence-corrected chi connectivity index (χ3v) is 15.3. The van der Waals surface area contributed by atoms with E-state index in [1.54, 1.807) is 0 Å². The summed E-state index contributed by atoms with van der Waals surface area (Å²) in [6.45, 7) is 12.9. The van der Waals surface area contributed by atoms with E-state index in [1.165, 1.54) is 0 Å². The number of fused-ring (bicyclic) bond motifs is 4. The fraction of sp³-hybridized carbons (Fsp3) is 0.850. The number of hydrogen-bond donors (Lipinski definition) is 2. The van der Waals surface area contributed by atoms with E-state index in [1.807, 2.05) is 13.8 Å². The minimum Gasteiger partial charge on any atom is -0.392 e. The van der Waals surface area contributed by atoms with Crippen LogP contribution in [0.25, 0.3) is 0 Å². The maximum atomic E-state index is 10.4. The predicted octanol–water partition coefficient (Wildman–Crippen LogP) is 6.26. The van der Waals surface area contributed by atoms with E-state index in [-0.39, 0.29) is 49.1 Å². The average Bonchev–Trinajstić information content (AvgIpc) is 3.47. The lowest BCUT2D eigenvalue weighted by atomic mass is 9.57. The number of ether oxygens (including phenoxy) is 4. The molecule has 11 rings (SSSR count). The number of aliphatic hydroxyl groups excluding tert-OH is 2. The van der Waals surface area contributed by atoms with Gasteiger partial charge in [0.25, 0.3) is 0 Å². The molecule has 0 unspecified atom stereocenters. The first-order valence-electron chi connectivity index (χ1n) is 19.7. The predicted molar refractivity (Wildman–Crippen MR) is 179 cm³/mol. The lowest BCUT2D eigenvalue weighted by Crippen LogP contribution is -2.70. The van der Waals surface area contributed by atoms with Gasteiger partial charge in [0.05, 0.1) is 25.4 Å². The lowest BCUT2D eigenvalue weighted by Gasteiger charge is -2.60. The van der Waals surface area contributed by atoms with E-state index in [0.29, 0.717) is 36.5 Å². The van der Waals surface area contributed by atoms with Crippen molar-refractivity contribution in [2.75, 3.05) is 0 Å². The Morgan fingerprint density at radius 1 is 0.560 bits per heavy atom. The summed E-state index contributed by atoms with van der Waals surface area (Å²) in [6.07, 6.45) is 8.00. The summed E-state index contributed by atoms with van der Waals surface area (Å²) >= 11 is 0. The number of hydrogen-bond acceptors (Lipinski definition) is 10. The van der Waals surface area contributed by atoms with Gasteiger partial charge in [0.2, 0.25) is 11.6 Å². The highest BCUT2D eigenvalue weighted by atomic mass is 17.3. The van der Waals surface area contributed by atoms with Crippen molar-refractivity contribution in [1.29, 1.82) is 0 Å².